The second-order valence-corrected chi connectivity index (χ2v) is 4.80. The van der Waals surface area contributed by atoms with E-state index in [1.54, 1.807) is 0 Å². The quantitative estimate of drug-likeness (QED) is 0.694. The lowest BCUT2D eigenvalue weighted by Gasteiger charge is -2.34. The van der Waals surface area contributed by atoms with Gasteiger partial charge in [-0.3, -0.25) is 0 Å². The molecule has 0 aromatic carbocycles. The molecule has 2 fully saturated rings. The second-order valence-electron chi connectivity index (χ2n) is 4.80. The van der Waals surface area contributed by atoms with Crippen molar-refractivity contribution in [2.24, 2.45) is 17.6 Å². The molecule has 1 saturated carbocycles. The van der Waals surface area contributed by atoms with Crippen LogP contribution in [0.2, 0.25) is 0 Å². The van der Waals surface area contributed by atoms with Crippen molar-refractivity contribution >= 4 is 0 Å². The van der Waals surface area contributed by atoms with Gasteiger partial charge in [0.05, 0.1) is 0 Å². The Morgan fingerprint density at radius 1 is 1.23 bits per heavy atom. The minimum Gasteiger partial charge on any atom is -0.327 e. The summed E-state index contributed by atoms with van der Waals surface area (Å²) in [7, 11) is 0. The third-order valence-corrected chi connectivity index (χ3v) is 3.76. The summed E-state index contributed by atoms with van der Waals surface area (Å²) in [5.74, 6) is 1.73. The number of hydrogen-bond acceptors (Lipinski definition) is 2. The molecule has 1 aliphatic carbocycles. The molecular weight excluding hydrogens is 160 g/mol. The van der Waals surface area contributed by atoms with E-state index in [0.29, 0.717) is 6.04 Å². The molecule has 0 aromatic heterocycles. The average Bonchev–Trinajstić information content (AvgIpc) is 2.02. The van der Waals surface area contributed by atoms with Gasteiger partial charge in [0.15, 0.2) is 0 Å². The summed E-state index contributed by atoms with van der Waals surface area (Å²) in [4.78, 5) is 0. The molecule has 3 N–H and O–H groups in total. The maximum Gasteiger partial charge on any atom is 0.00702 e. The molecule has 0 spiro atoms. The van der Waals surface area contributed by atoms with Crippen molar-refractivity contribution in [2.75, 3.05) is 13.1 Å². The lowest BCUT2D eigenvalue weighted by molar-refractivity contribution is 0.218. The fraction of sp³-hybridized carbons (Fsp3) is 1.00. The largest absolute Gasteiger partial charge is 0.327 e. The summed E-state index contributed by atoms with van der Waals surface area (Å²) in [5.41, 5.74) is 6.18. The van der Waals surface area contributed by atoms with Crippen LogP contribution in [0, 0.1) is 11.8 Å². The van der Waals surface area contributed by atoms with Gasteiger partial charge < -0.3 is 11.1 Å². The molecule has 0 aromatic rings. The van der Waals surface area contributed by atoms with Crippen LogP contribution in [0.4, 0.5) is 0 Å². The van der Waals surface area contributed by atoms with Gasteiger partial charge in [-0.15, -0.1) is 0 Å². The summed E-state index contributed by atoms with van der Waals surface area (Å²) in [6, 6.07) is 0.499. The van der Waals surface area contributed by atoms with E-state index in [0.717, 1.165) is 11.8 Å². The maximum absolute atomic E-state index is 6.18. The molecule has 2 heteroatoms. The molecule has 1 saturated heterocycles. The third-order valence-electron chi connectivity index (χ3n) is 3.76. The normalized spacial score (nSPS) is 32.5. The Kier molecular flexibility index (Phi) is 3.23. The van der Waals surface area contributed by atoms with Gasteiger partial charge in [-0.25, -0.2) is 0 Å². The monoisotopic (exact) mass is 182 g/mol. The second kappa shape index (κ2) is 4.43. The highest BCUT2D eigenvalue weighted by atomic mass is 14.9. The van der Waals surface area contributed by atoms with Crippen molar-refractivity contribution < 1.29 is 0 Å². The molecular formula is C11H22N2. The van der Waals surface area contributed by atoms with Crippen molar-refractivity contribution in [1.29, 1.82) is 0 Å². The van der Waals surface area contributed by atoms with Gasteiger partial charge in [0.2, 0.25) is 0 Å². The SMILES string of the molecule is NC(CC1CCCNC1)C1CCC1. The molecule has 2 rings (SSSR count). The fourth-order valence-corrected chi connectivity index (χ4v) is 2.57. The van der Waals surface area contributed by atoms with Crippen LogP contribution < -0.4 is 11.1 Å². The van der Waals surface area contributed by atoms with Crippen LogP contribution in [0.5, 0.6) is 0 Å². The molecule has 76 valence electrons. The number of piperidine rings is 1. The first-order valence-corrected chi connectivity index (χ1v) is 5.82. The van der Waals surface area contributed by atoms with Crippen LogP contribution in [-0.4, -0.2) is 19.1 Å². The number of hydrogen-bond donors (Lipinski definition) is 2. The number of rotatable bonds is 3. The van der Waals surface area contributed by atoms with Crippen molar-refractivity contribution in [1.82, 2.24) is 5.32 Å². The predicted molar refractivity (Wildman–Crippen MR) is 55.5 cm³/mol. The zero-order valence-corrected chi connectivity index (χ0v) is 8.47. The minimum absolute atomic E-state index is 0.499. The molecule has 0 amide bonds. The first-order valence-electron chi connectivity index (χ1n) is 5.82. The van der Waals surface area contributed by atoms with Gasteiger partial charge in [0.1, 0.15) is 0 Å². The van der Waals surface area contributed by atoms with Gasteiger partial charge >= 0.3 is 0 Å². The Balaban J connectivity index is 1.69. The molecule has 2 aliphatic rings. The molecule has 0 bridgehead atoms. The zero-order valence-electron chi connectivity index (χ0n) is 8.47. The molecule has 1 aliphatic heterocycles. The third kappa shape index (κ3) is 2.44. The van der Waals surface area contributed by atoms with E-state index in [-0.39, 0.29) is 0 Å². The van der Waals surface area contributed by atoms with Gasteiger partial charge in [0.25, 0.3) is 0 Å². The Bertz CT molecular complexity index is 148. The average molecular weight is 182 g/mol. The van der Waals surface area contributed by atoms with Crippen LogP contribution in [0.3, 0.4) is 0 Å². The Morgan fingerprint density at radius 3 is 2.62 bits per heavy atom. The van der Waals surface area contributed by atoms with E-state index in [2.05, 4.69) is 5.32 Å². The van der Waals surface area contributed by atoms with Crippen molar-refractivity contribution in [3.63, 3.8) is 0 Å². The topological polar surface area (TPSA) is 38.0 Å². The van der Waals surface area contributed by atoms with Gasteiger partial charge in [-0.1, -0.05) is 6.42 Å². The Labute approximate surface area is 81.3 Å². The van der Waals surface area contributed by atoms with Crippen LogP contribution in [0.15, 0.2) is 0 Å². The van der Waals surface area contributed by atoms with Crippen LogP contribution in [0.25, 0.3) is 0 Å². The molecule has 1 heterocycles. The molecule has 0 radical (unpaired) electrons. The summed E-state index contributed by atoms with van der Waals surface area (Å²) in [6.45, 7) is 2.43. The molecule has 2 nitrogen and oxygen atoms in total. The first-order chi connectivity index (χ1) is 6.36. The van der Waals surface area contributed by atoms with Gasteiger partial charge in [0, 0.05) is 6.04 Å². The summed E-state index contributed by atoms with van der Waals surface area (Å²) in [6.07, 6.45) is 8.21. The van der Waals surface area contributed by atoms with Crippen molar-refractivity contribution in [3.05, 3.63) is 0 Å². The highest BCUT2D eigenvalue weighted by Crippen LogP contribution is 2.31. The number of nitrogens with two attached hydrogens (primary N) is 1. The van der Waals surface area contributed by atoms with E-state index < -0.39 is 0 Å². The van der Waals surface area contributed by atoms with Gasteiger partial charge in [-0.2, -0.15) is 0 Å². The first kappa shape index (κ1) is 9.47. The summed E-state index contributed by atoms with van der Waals surface area (Å²) >= 11 is 0. The van der Waals surface area contributed by atoms with Crippen LogP contribution >= 0.6 is 0 Å². The Morgan fingerprint density at radius 2 is 2.08 bits per heavy atom. The molecule has 13 heavy (non-hydrogen) atoms. The van der Waals surface area contributed by atoms with E-state index in [1.807, 2.05) is 0 Å². The maximum atomic E-state index is 6.18. The van der Waals surface area contributed by atoms with Crippen LogP contribution in [0.1, 0.15) is 38.5 Å². The van der Waals surface area contributed by atoms with E-state index >= 15 is 0 Å². The van der Waals surface area contributed by atoms with E-state index in [9.17, 15) is 0 Å². The zero-order chi connectivity index (χ0) is 9.10. The lowest BCUT2D eigenvalue weighted by Crippen LogP contribution is -2.39. The molecule has 2 atom stereocenters. The predicted octanol–water partition coefficient (Wildman–Crippen LogP) is 1.50. The van der Waals surface area contributed by atoms with E-state index in [4.69, 9.17) is 5.73 Å². The van der Waals surface area contributed by atoms with Crippen molar-refractivity contribution in [2.45, 2.75) is 44.6 Å². The van der Waals surface area contributed by atoms with Gasteiger partial charge in [-0.05, 0) is 57.0 Å². The summed E-state index contributed by atoms with van der Waals surface area (Å²) in [5, 5.41) is 3.46. The van der Waals surface area contributed by atoms with Crippen molar-refractivity contribution in [3.8, 4) is 0 Å². The summed E-state index contributed by atoms with van der Waals surface area (Å²) < 4.78 is 0. The van der Waals surface area contributed by atoms with E-state index in [1.165, 1.54) is 51.6 Å². The lowest BCUT2D eigenvalue weighted by atomic mass is 9.76. The van der Waals surface area contributed by atoms with Crippen LogP contribution in [-0.2, 0) is 0 Å². The standard InChI is InChI=1S/C11H22N2/c12-11(10-4-1-5-10)7-9-3-2-6-13-8-9/h9-11,13H,1-8,12H2. The molecule has 2 unspecified atom stereocenters. The fourth-order valence-electron chi connectivity index (χ4n) is 2.57. The highest BCUT2D eigenvalue weighted by molar-refractivity contribution is 4.83. The highest BCUT2D eigenvalue weighted by Gasteiger charge is 2.26. The Hall–Kier alpha value is -0.0800. The number of nitrogens with one attached hydrogen (secondary N) is 1. The minimum atomic E-state index is 0.499. The smallest absolute Gasteiger partial charge is 0.00702 e.